The van der Waals surface area contributed by atoms with Crippen LogP contribution >= 0.6 is 0 Å². The Morgan fingerprint density at radius 1 is 1.17 bits per heavy atom. The summed E-state index contributed by atoms with van der Waals surface area (Å²) in [6.07, 6.45) is 5.67. The quantitative estimate of drug-likeness (QED) is 0.828. The van der Waals surface area contributed by atoms with E-state index in [0.29, 0.717) is 5.75 Å². The molecule has 2 heterocycles. The van der Waals surface area contributed by atoms with E-state index in [-0.39, 0.29) is 0 Å². The van der Waals surface area contributed by atoms with Crippen molar-refractivity contribution in [2.24, 2.45) is 0 Å². The van der Waals surface area contributed by atoms with Gasteiger partial charge in [-0.2, -0.15) is 0 Å². The van der Waals surface area contributed by atoms with E-state index in [1.54, 1.807) is 13.3 Å². The number of hydrogen-bond donors (Lipinski definition) is 0. The molecule has 0 unspecified atom stereocenters. The topological polar surface area (TPSA) is 47.5 Å². The van der Waals surface area contributed by atoms with Gasteiger partial charge in [0.15, 0.2) is 11.5 Å². The molecule has 0 radical (unpaired) electrons. The number of hydroxylamine groups is 2. The third-order valence-electron chi connectivity index (χ3n) is 3.08. The van der Waals surface area contributed by atoms with Crippen molar-refractivity contribution in [3.05, 3.63) is 24.7 Å². The monoisotopic (exact) mass is 245 g/mol. The lowest BCUT2D eigenvalue weighted by atomic mass is 10.2. The number of fused-ring (bicyclic) bond motifs is 1. The first-order valence-electron chi connectivity index (χ1n) is 6.07. The Morgan fingerprint density at radius 3 is 2.78 bits per heavy atom. The summed E-state index contributed by atoms with van der Waals surface area (Å²) in [7, 11) is 1.64. The number of methoxy groups -OCH3 is 1. The van der Waals surface area contributed by atoms with Crippen LogP contribution in [-0.2, 0) is 0 Å². The van der Waals surface area contributed by atoms with Crippen LogP contribution in [0.15, 0.2) is 24.7 Å². The fraction of sp³-hybridized carbons (Fsp3) is 0.385. The van der Waals surface area contributed by atoms with Crippen LogP contribution in [0, 0.1) is 0 Å². The van der Waals surface area contributed by atoms with Gasteiger partial charge in [0.2, 0.25) is 0 Å². The van der Waals surface area contributed by atoms with E-state index >= 15 is 0 Å². The van der Waals surface area contributed by atoms with Crippen LogP contribution in [0.1, 0.15) is 12.8 Å². The first-order valence-corrected chi connectivity index (χ1v) is 6.07. The van der Waals surface area contributed by atoms with Gasteiger partial charge in [0.05, 0.1) is 12.6 Å². The normalized spacial score (nSPS) is 16.1. The summed E-state index contributed by atoms with van der Waals surface area (Å²) < 4.78 is 5.35. The van der Waals surface area contributed by atoms with Crippen molar-refractivity contribution in [2.45, 2.75) is 12.8 Å². The number of benzene rings is 1. The van der Waals surface area contributed by atoms with E-state index in [4.69, 9.17) is 9.57 Å². The van der Waals surface area contributed by atoms with Crippen molar-refractivity contribution in [3.63, 3.8) is 0 Å². The van der Waals surface area contributed by atoms with Crippen LogP contribution in [0.5, 0.6) is 11.5 Å². The van der Waals surface area contributed by atoms with Crippen molar-refractivity contribution < 1.29 is 9.57 Å². The van der Waals surface area contributed by atoms with Crippen molar-refractivity contribution >= 4 is 10.9 Å². The van der Waals surface area contributed by atoms with Gasteiger partial charge in [-0.05, 0) is 18.9 Å². The van der Waals surface area contributed by atoms with Gasteiger partial charge in [0, 0.05) is 30.7 Å². The Bertz CT molecular complexity index is 553. The molecular formula is C13H15N3O2. The largest absolute Gasteiger partial charge is 0.493 e. The fourth-order valence-corrected chi connectivity index (χ4v) is 2.14. The molecule has 1 aliphatic heterocycles. The van der Waals surface area contributed by atoms with Crippen LogP contribution in [0.25, 0.3) is 10.9 Å². The summed E-state index contributed by atoms with van der Waals surface area (Å²) in [5, 5.41) is 2.92. The van der Waals surface area contributed by atoms with E-state index in [9.17, 15) is 0 Å². The summed E-state index contributed by atoms with van der Waals surface area (Å²) in [6.45, 7) is 1.93. The number of ether oxygens (including phenoxy) is 1. The highest BCUT2D eigenvalue weighted by Crippen LogP contribution is 2.32. The van der Waals surface area contributed by atoms with Crippen LogP contribution in [0.2, 0.25) is 0 Å². The van der Waals surface area contributed by atoms with Crippen molar-refractivity contribution in [2.75, 3.05) is 20.2 Å². The third kappa shape index (κ3) is 2.09. The van der Waals surface area contributed by atoms with E-state index in [2.05, 4.69) is 9.97 Å². The molecule has 3 rings (SSSR count). The molecule has 1 aromatic heterocycles. The van der Waals surface area contributed by atoms with Crippen LogP contribution in [-0.4, -0.2) is 35.2 Å². The maximum absolute atomic E-state index is 5.86. The summed E-state index contributed by atoms with van der Waals surface area (Å²) in [6, 6.07) is 3.80. The second-order valence-electron chi connectivity index (χ2n) is 4.31. The van der Waals surface area contributed by atoms with Gasteiger partial charge in [-0.25, -0.2) is 9.97 Å². The standard InChI is InChI=1S/C13H15N3O2/c1-17-12-7-11-10(8-14-9-15-11)6-13(12)18-16-4-2-3-5-16/h6-9H,2-5H2,1H3. The van der Waals surface area contributed by atoms with E-state index in [0.717, 1.165) is 29.7 Å². The molecule has 2 aromatic rings. The van der Waals surface area contributed by atoms with Gasteiger partial charge in [-0.15, -0.1) is 5.06 Å². The van der Waals surface area contributed by atoms with Gasteiger partial charge in [0.1, 0.15) is 6.33 Å². The highest BCUT2D eigenvalue weighted by molar-refractivity contribution is 5.81. The fourth-order valence-electron chi connectivity index (χ4n) is 2.14. The van der Waals surface area contributed by atoms with E-state index < -0.39 is 0 Å². The zero-order valence-electron chi connectivity index (χ0n) is 10.3. The molecule has 0 bridgehead atoms. The molecular weight excluding hydrogens is 230 g/mol. The molecule has 0 amide bonds. The maximum atomic E-state index is 5.86. The highest BCUT2D eigenvalue weighted by Gasteiger charge is 2.16. The number of nitrogens with zero attached hydrogens (tertiary/aromatic N) is 3. The minimum Gasteiger partial charge on any atom is -0.493 e. The Balaban J connectivity index is 1.97. The number of hydrogen-bond acceptors (Lipinski definition) is 5. The molecule has 1 aliphatic rings. The summed E-state index contributed by atoms with van der Waals surface area (Å²) in [5.74, 6) is 1.43. The van der Waals surface area contributed by atoms with Crippen LogP contribution in [0.3, 0.4) is 0 Å². The lowest BCUT2D eigenvalue weighted by Gasteiger charge is -2.18. The molecule has 0 aliphatic carbocycles. The molecule has 0 spiro atoms. The zero-order valence-corrected chi connectivity index (χ0v) is 10.3. The van der Waals surface area contributed by atoms with Crippen molar-refractivity contribution in [1.82, 2.24) is 15.0 Å². The minimum absolute atomic E-state index is 0.702. The van der Waals surface area contributed by atoms with Gasteiger partial charge >= 0.3 is 0 Å². The lowest BCUT2D eigenvalue weighted by molar-refractivity contribution is -0.0366. The van der Waals surface area contributed by atoms with Gasteiger partial charge in [0.25, 0.3) is 0 Å². The molecule has 18 heavy (non-hydrogen) atoms. The van der Waals surface area contributed by atoms with Crippen molar-refractivity contribution in [1.29, 1.82) is 0 Å². The SMILES string of the molecule is COc1cc2ncncc2cc1ON1CCCC1. The molecule has 5 heteroatoms. The molecule has 1 aromatic carbocycles. The molecule has 0 saturated carbocycles. The van der Waals surface area contributed by atoms with E-state index in [1.807, 2.05) is 17.2 Å². The molecule has 94 valence electrons. The minimum atomic E-state index is 0.702. The molecule has 5 nitrogen and oxygen atoms in total. The maximum Gasteiger partial charge on any atom is 0.190 e. The Labute approximate surface area is 105 Å². The second kappa shape index (κ2) is 4.78. The lowest BCUT2D eigenvalue weighted by Crippen LogP contribution is -2.23. The first-order chi connectivity index (χ1) is 8.86. The summed E-state index contributed by atoms with van der Waals surface area (Å²) >= 11 is 0. The Hall–Kier alpha value is -1.88. The highest BCUT2D eigenvalue weighted by atomic mass is 16.7. The Kier molecular flexibility index (Phi) is 2.98. The molecule has 0 atom stereocenters. The van der Waals surface area contributed by atoms with Crippen molar-refractivity contribution in [3.8, 4) is 11.5 Å². The van der Waals surface area contributed by atoms with Crippen LogP contribution in [0.4, 0.5) is 0 Å². The predicted molar refractivity (Wildman–Crippen MR) is 67.5 cm³/mol. The average molecular weight is 245 g/mol. The molecule has 0 N–H and O–H groups in total. The molecule has 1 fully saturated rings. The molecule has 1 saturated heterocycles. The second-order valence-corrected chi connectivity index (χ2v) is 4.31. The smallest absolute Gasteiger partial charge is 0.190 e. The van der Waals surface area contributed by atoms with Crippen LogP contribution < -0.4 is 9.57 Å². The van der Waals surface area contributed by atoms with Gasteiger partial charge in [-0.1, -0.05) is 0 Å². The number of aromatic nitrogens is 2. The average Bonchev–Trinajstić information content (AvgIpc) is 2.91. The Morgan fingerprint density at radius 2 is 2.00 bits per heavy atom. The number of rotatable bonds is 3. The zero-order chi connectivity index (χ0) is 12.4. The summed E-state index contributed by atoms with van der Waals surface area (Å²) in [5.41, 5.74) is 0.857. The van der Waals surface area contributed by atoms with E-state index in [1.165, 1.54) is 19.2 Å². The third-order valence-corrected chi connectivity index (χ3v) is 3.08. The first kappa shape index (κ1) is 11.2. The van der Waals surface area contributed by atoms with Gasteiger partial charge in [-0.3, -0.25) is 0 Å². The van der Waals surface area contributed by atoms with Gasteiger partial charge < -0.3 is 9.57 Å². The predicted octanol–water partition coefficient (Wildman–Crippen LogP) is 2.03. The summed E-state index contributed by atoms with van der Waals surface area (Å²) in [4.78, 5) is 14.1.